The van der Waals surface area contributed by atoms with Gasteiger partial charge in [0.1, 0.15) is 19.4 Å². The molecule has 3 aliphatic heterocycles. The van der Waals surface area contributed by atoms with Gasteiger partial charge in [0.15, 0.2) is 11.5 Å². The highest BCUT2D eigenvalue weighted by atomic mass is 16.6. The van der Waals surface area contributed by atoms with Crippen molar-refractivity contribution in [2.75, 3.05) is 26.3 Å². The Balaban J connectivity index is 1.26. The first kappa shape index (κ1) is 20.5. The molecule has 1 saturated carbocycles. The summed E-state index contributed by atoms with van der Waals surface area (Å²) in [5.41, 5.74) is 5.29. The third-order valence-corrected chi connectivity index (χ3v) is 7.39. The average molecular weight is 436 g/mol. The summed E-state index contributed by atoms with van der Waals surface area (Å²) >= 11 is 0. The third kappa shape index (κ3) is 4.26. The number of hydrogen-bond donors (Lipinski definition) is 1. The van der Waals surface area contributed by atoms with Crippen molar-refractivity contribution in [2.45, 2.75) is 69.3 Å². The molecule has 3 heterocycles. The fraction of sp³-hybridized carbons (Fsp3) is 0.556. The highest BCUT2D eigenvalue weighted by Gasteiger charge is 2.34. The van der Waals surface area contributed by atoms with Gasteiger partial charge in [-0.1, -0.05) is 24.3 Å². The van der Waals surface area contributed by atoms with Gasteiger partial charge in [-0.3, -0.25) is 4.90 Å². The van der Waals surface area contributed by atoms with E-state index in [1.54, 1.807) is 0 Å². The zero-order valence-electron chi connectivity index (χ0n) is 18.7. The number of nitrogens with zero attached hydrogens (tertiary/aromatic N) is 1. The lowest BCUT2D eigenvalue weighted by Crippen LogP contribution is -2.42. The van der Waals surface area contributed by atoms with Gasteiger partial charge in [0, 0.05) is 25.9 Å². The van der Waals surface area contributed by atoms with E-state index in [1.165, 1.54) is 47.9 Å². The summed E-state index contributed by atoms with van der Waals surface area (Å²) in [5.74, 6) is 2.38. The molecule has 5 heteroatoms. The maximum absolute atomic E-state index is 10.6. The van der Waals surface area contributed by atoms with Gasteiger partial charge in [-0.15, -0.1) is 0 Å². The van der Waals surface area contributed by atoms with E-state index in [2.05, 4.69) is 35.2 Å². The van der Waals surface area contributed by atoms with Gasteiger partial charge in [-0.25, -0.2) is 0 Å². The minimum atomic E-state index is -0.302. The Kier molecular flexibility index (Phi) is 5.58. The van der Waals surface area contributed by atoms with Crippen molar-refractivity contribution in [2.24, 2.45) is 0 Å². The zero-order chi connectivity index (χ0) is 21.5. The summed E-state index contributed by atoms with van der Waals surface area (Å²) in [7, 11) is 0. The Hall–Kier alpha value is -2.08. The van der Waals surface area contributed by atoms with Crippen molar-refractivity contribution < 1.29 is 19.3 Å². The maximum atomic E-state index is 10.6. The van der Waals surface area contributed by atoms with E-state index in [-0.39, 0.29) is 18.4 Å². The number of aliphatic hydroxyl groups excluding tert-OH is 1. The number of aliphatic hydroxyl groups is 1. The van der Waals surface area contributed by atoms with Crippen LogP contribution in [-0.4, -0.2) is 48.6 Å². The van der Waals surface area contributed by atoms with E-state index in [0.29, 0.717) is 25.6 Å². The lowest BCUT2D eigenvalue weighted by molar-refractivity contribution is -0.156. The van der Waals surface area contributed by atoms with Crippen LogP contribution >= 0.6 is 0 Å². The smallest absolute Gasteiger partial charge is 0.161 e. The summed E-state index contributed by atoms with van der Waals surface area (Å²) in [5, 5.41) is 10.6. The van der Waals surface area contributed by atoms with Crippen LogP contribution in [0.1, 0.15) is 72.8 Å². The Labute approximate surface area is 190 Å². The molecule has 0 spiro atoms. The molecule has 0 aromatic heterocycles. The molecule has 170 valence electrons. The van der Waals surface area contributed by atoms with E-state index >= 15 is 0 Å². The molecule has 1 N–H and O–H groups in total. The van der Waals surface area contributed by atoms with Crippen LogP contribution in [0.25, 0.3) is 0 Å². The van der Waals surface area contributed by atoms with Gasteiger partial charge >= 0.3 is 0 Å². The van der Waals surface area contributed by atoms with Crippen LogP contribution < -0.4 is 9.47 Å². The number of hydrogen-bond acceptors (Lipinski definition) is 5. The maximum Gasteiger partial charge on any atom is 0.161 e. The van der Waals surface area contributed by atoms with E-state index in [1.807, 2.05) is 6.07 Å². The van der Waals surface area contributed by atoms with Crippen molar-refractivity contribution in [3.63, 3.8) is 0 Å². The van der Waals surface area contributed by atoms with Crippen molar-refractivity contribution in [1.82, 2.24) is 4.90 Å². The van der Waals surface area contributed by atoms with Crippen LogP contribution in [0.15, 0.2) is 36.4 Å². The first-order chi connectivity index (χ1) is 15.7. The lowest BCUT2D eigenvalue weighted by Gasteiger charge is -2.38. The molecule has 32 heavy (non-hydrogen) atoms. The van der Waals surface area contributed by atoms with Crippen molar-refractivity contribution >= 4 is 0 Å². The highest BCUT2D eigenvalue weighted by molar-refractivity contribution is 5.47. The molecule has 2 aromatic carbocycles. The SMILES string of the molecule is OC1CC(c2ccc(C3CC3)c(Cc3ccc4c(c3)OCCO4)c2)OC(N2CCCC2)C1. The van der Waals surface area contributed by atoms with Gasteiger partial charge in [-0.2, -0.15) is 0 Å². The quantitative estimate of drug-likeness (QED) is 0.746. The van der Waals surface area contributed by atoms with Crippen molar-refractivity contribution in [3.05, 3.63) is 58.7 Å². The predicted molar refractivity (Wildman–Crippen MR) is 122 cm³/mol. The Bertz CT molecular complexity index is 966. The minimum absolute atomic E-state index is 0.0376. The Morgan fingerprint density at radius 1 is 0.906 bits per heavy atom. The first-order valence-electron chi connectivity index (χ1n) is 12.3. The van der Waals surface area contributed by atoms with Crippen LogP contribution in [0.4, 0.5) is 0 Å². The highest BCUT2D eigenvalue weighted by Crippen LogP contribution is 2.44. The predicted octanol–water partition coefficient (Wildman–Crippen LogP) is 4.56. The second-order valence-corrected chi connectivity index (χ2v) is 9.83. The third-order valence-electron chi connectivity index (χ3n) is 7.39. The molecule has 2 aromatic rings. The molecule has 3 atom stereocenters. The van der Waals surface area contributed by atoms with Crippen molar-refractivity contribution in [1.29, 1.82) is 0 Å². The molecular formula is C27H33NO4. The molecule has 0 radical (unpaired) electrons. The van der Waals surface area contributed by atoms with Gasteiger partial charge in [-0.05, 0) is 72.4 Å². The number of fused-ring (bicyclic) bond motifs is 1. The number of likely N-dealkylation sites (tertiary alicyclic amines) is 1. The number of rotatable bonds is 5. The van der Waals surface area contributed by atoms with Gasteiger partial charge < -0.3 is 19.3 Å². The average Bonchev–Trinajstić information content (AvgIpc) is 3.51. The Morgan fingerprint density at radius 3 is 2.53 bits per heavy atom. The summed E-state index contributed by atoms with van der Waals surface area (Å²) < 4.78 is 18.0. The fourth-order valence-corrected chi connectivity index (χ4v) is 5.55. The van der Waals surface area contributed by atoms with E-state index < -0.39 is 0 Å². The zero-order valence-corrected chi connectivity index (χ0v) is 18.7. The van der Waals surface area contributed by atoms with E-state index in [9.17, 15) is 5.11 Å². The van der Waals surface area contributed by atoms with Crippen molar-refractivity contribution in [3.8, 4) is 11.5 Å². The lowest BCUT2D eigenvalue weighted by atomic mass is 9.91. The van der Waals surface area contributed by atoms with Gasteiger partial charge in [0.05, 0.1) is 12.2 Å². The summed E-state index contributed by atoms with van der Waals surface area (Å²) in [6.07, 6.45) is 6.99. The molecule has 1 aliphatic carbocycles. The second-order valence-electron chi connectivity index (χ2n) is 9.83. The minimum Gasteiger partial charge on any atom is -0.486 e. The number of benzene rings is 2. The summed E-state index contributed by atoms with van der Waals surface area (Å²) in [6, 6.07) is 13.2. The van der Waals surface area contributed by atoms with E-state index in [4.69, 9.17) is 14.2 Å². The molecule has 3 fully saturated rings. The topological polar surface area (TPSA) is 51.2 Å². The summed E-state index contributed by atoms with van der Waals surface area (Å²) in [6.45, 7) is 3.39. The van der Waals surface area contributed by atoms with Crippen LogP contribution in [0, 0.1) is 0 Å². The molecule has 6 rings (SSSR count). The Morgan fingerprint density at radius 2 is 1.72 bits per heavy atom. The molecule has 2 saturated heterocycles. The van der Waals surface area contributed by atoms with E-state index in [0.717, 1.165) is 37.4 Å². The molecule has 3 unspecified atom stereocenters. The second kappa shape index (κ2) is 8.69. The largest absolute Gasteiger partial charge is 0.486 e. The standard InChI is InChI=1S/C27H33NO4/c29-22-16-25(32-27(17-22)28-9-1-2-10-28)20-6-7-23(19-4-5-19)21(15-20)13-18-3-8-24-26(14-18)31-12-11-30-24/h3,6-8,14-15,19,22,25,27,29H,1-2,4-5,9-13,16-17H2. The summed E-state index contributed by atoms with van der Waals surface area (Å²) in [4.78, 5) is 2.41. The van der Waals surface area contributed by atoms with Crippen LogP contribution in [0.3, 0.4) is 0 Å². The van der Waals surface area contributed by atoms with Gasteiger partial charge in [0.25, 0.3) is 0 Å². The van der Waals surface area contributed by atoms with Gasteiger partial charge in [0.2, 0.25) is 0 Å². The molecule has 4 aliphatic rings. The molecule has 0 amide bonds. The normalized spacial score (nSPS) is 28.1. The molecule has 0 bridgehead atoms. The molecule has 5 nitrogen and oxygen atoms in total. The van der Waals surface area contributed by atoms with Crippen LogP contribution in [-0.2, 0) is 11.2 Å². The van der Waals surface area contributed by atoms with Crippen LogP contribution in [0.2, 0.25) is 0 Å². The molecular weight excluding hydrogens is 402 g/mol. The first-order valence-corrected chi connectivity index (χ1v) is 12.3. The van der Waals surface area contributed by atoms with Crippen LogP contribution in [0.5, 0.6) is 11.5 Å². The number of ether oxygens (including phenoxy) is 3. The monoisotopic (exact) mass is 435 g/mol. The fourth-order valence-electron chi connectivity index (χ4n) is 5.55.